The first-order chi connectivity index (χ1) is 17.5. The Bertz CT molecular complexity index is 1360. The zero-order chi connectivity index (χ0) is 26.4. The molecule has 0 radical (unpaired) electrons. The van der Waals surface area contributed by atoms with Gasteiger partial charge in [-0.05, 0) is 52.5 Å². The summed E-state index contributed by atoms with van der Waals surface area (Å²) >= 11 is 0. The van der Waals surface area contributed by atoms with Crippen LogP contribution in [0.15, 0.2) is 65.6 Å². The predicted octanol–water partition coefficient (Wildman–Crippen LogP) is 4.43. The first-order valence-corrected chi connectivity index (χ1v) is 13.4. The molecule has 5 rings (SSSR count). The SMILES string of the molecule is C=C1Cc2ccc(Cc3ccc(S(=O)(=O)N4CCC5(CC4)OCCO5)cc3)cc2C(C(F)(F)F)=CC1=O. The van der Waals surface area contributed by atoms with E-state index in [-0.39, 0.29) is 22.5 Å². The number of allylic oxidation sites excluding steroid dienone is 3. The van der Waals surface area contributed by atoms with Crippen molar-refractivity contribution in [3.8, 4) is 0 Å². The summed E-state index contributed by atoms with van der Waals surface area (Å²) in [5, 5.41) is 0. The van der Waals surface area contributed by atoms with Crippen LogP contribution in [0.2, 0.25) is 0 Å². The second-order valence-electron chi connectivity index (χ2n) is 9.52. The van der Waals surface area contributed by atoms with Gasteiger partial charge in [-0.3, -0.25) is 4.79 Å². The van der Waals surface area contributed by atoms with Gasteiger partial charge < -0.3 is 9.47 Å². The average Bonchev–Trinajstić information content (AvgIpc) is 3.25. The lowest BCUT2D eigenvalue weighted by Crippen LogP contribution is -2.47. The average molecular weight is 534 g/mol. The lowest BCUT2D eigenvalue weighted by atomic mass is 9.93. The summed E-state index contributed by atoms with van der Waals surface area (Å²) in [5.41, 5.74) is 0.845. The maximum Gasteiger partial charge on any atom is 0.417 e. The standard InChI is InChI=1S/C27H26F3NO5S/c1-18-14-21-5-2-20(16-23(21)24(17-25(18)32)27(28,29)30)15-19-3-6-22(7-4-19)37(33,34)31-10-8-26(9-11-31)35-12-13-36-26/h2-7,16-17H,1,8-15H2. The van der Waals surface area contributed by atoms with E-state index in [1.165, 1.54) is 22.5 Å². The van der Waals surface area contributed by atoms with Gasteiger partial charge in [0.25, 0.3) is 0 Å². The van der Waals surface area contributed by atoms with Crippen LogP contribution in [-0.4, -0.2) is 56.8 Å². The highest BCUT2D eigenvalue weighted by atomic mass is 32.2. The third-order valence-electron chi connectivity index (χ3n) is 7.06. The van der Waals surface area contributed by atoms with E-state index in [1.54, 1.807) is 24.3 Å². The summed E-state index contributed by atoms with van der Waals surface area (Å²) in [6, 6.07) is 11.1. The number of piperidine rings is 1. The van der Waals surface area contributed by atoms with E-state index < -0.39 is 33.3 Å². The van der Waals surface area contributed by atoms with Gasteiger partial charge in [0.15, 0.2) is 11.6 Å². The lowest BCUT2D eigenvalue weighted by Gasteiger charge is -2.36. The summed E-state index contributed by atoms with van der Waals surface area (Å²) in [6.45, 7) is 5.23. The Labute approximate surface area is 213 Å². The van der Waals surface area contributed by atoms with Crippen molar-refractivity contribution in [1.29, 1.82) is 0 Å². The van der Waals surface area contributed by atoms with Gasteiger partial charge in [-0.25, -0.2) is 8.42 Å². The molecule has 0 unspecified atom stereocenters. The van der Waals surface area contributed by atoms with Gasteiger partial charge >= 0.3 is 6.18 Å². The van der Waals surface area contributed by atoms with Crippen LogP contribution in [0.25, 0.3) is 5.57 Å². The van der Waals surface area contributed by atoms with Gasteiger partial charge in [0.05, 0.1) is 23.7 Å². The van der Waals surface area contributed by atoms with Gasteiger partial charge in [0.2, 0.25) is 10.0 Å². The van der Waals surface area contributed by atoms with Crippen molar-refractivity contribution in [2.75, 3.05) is 26.3 Å². The van der Waals surface area contributed by atoms with Gasteiger partial charge in [0, 0.05) is 32.4 Å². The van der Waals surface area contributed by atoms with E-state index in [1.807, 2.05) is 0 Å². The van der Waals surface area contributed by atoms with Gasteiger partial charge in [-0.15, -0.1) is 0 Å². The molecule has 2 aromatic carbocycles. The van der Waals surface area contributed by atoms with E-state index >= 15 is 0 Å². The number of ketones is 1. The number of alkyl halides is 3. The van der Waals surface area contributed by atoms with Gasteiger partial charge in [0.1, 0.15) is 0 Å². The van der Waals surface area contributed by atoms with Crippen LogP contribution >= 0.6 is 0 Å². The van der Waals surface area contributed by atoms with Crippen LogP contribution in [0, 0.1) is 0 Å². The molecule has 2 heterocycles. The minimum atomic E-state index is -4.69. The topological polar surface area (TPSA) is 72.9 Å². The fraction of sp³-hybridized carbons (Fsp3) is 0.370. The summed E-state index contributed by atoms with van der Waals surface area (Å²) in [7, 11) is -3.70. The summed E-state index contributed by atoms with van der Waals surface area (Å²) in [6.07, 6.45) is -2.79. The number of nitrogens with zero attached hydrogens (tertiary/aromatic N) is 1. The Hall–Kier alpha value is -2.79. The number of halogens is 3. The van der Waals surface area contributed by atoms with Crippen LogP contribution in [0.3, 0.4) is 0 Å². The molecule has 0 N–H and O–H groups in total. The first kappa shape index (κ1) is 25.8. The van der Waals surface area contributed by atoms with Crippen molar-refractivity contribution in [3.63, 3.8) is 0 Å². The lowest BCUT2D eigenvalue weighted by molar-refractivity contribution is -0.179. The molecule has 0 amide bonds. The number of hydrogen-bond acceptors (Lipinski definition) is 5. The number of hydrogen-bond donors (Lipinski definition) is 0. The Balaban J connectivity index is 1.33. The molecule has 196 valence electrons. The van der Waals surface area contributed by atoms with Crippen molar-refractivity contribution in [2.24, 2.45) is 0 Å². The molecule has 0 bridgehead atoms. The third kappa shape index (κ3) is 5.16. The maximum atomic E-state index is 13.7. The molecule has 6 nitrogen and oxygen atoms in total. The van der Waals surface area contributed by atoms with Gasteiger partial charge in [-0.2, -0.15) is 17.5 Å². The van der Waals surface area contributed by atoms with Crippen molar-refractivity contribution in [1.82, 2.24) is 4.31 Å². The maximum absolute atomic E-state index is 13.7. The van der Waals surface area contributed by atoms with Crippen LogP contribution in [0.5, 0.6) is 0 Å². The predicted molar refractivity (Wildman–Crippen MR) is 130 cm³/mol. The minimum Gasteiger partial charge on any atom is -0.347 e. The zero-order valence-electron chi connectivity index (χ0n) is 20.0. The van der Waals surface area contributed by atoms with Crippen molar-refractivity contribution >= 4 is 21.4 Å². The first-order valence-electron chi connectivity index (χ1n) is 12.0. The number of ether oxygens (including phenoxy) is 2. The van der Waals surface area contributed by atoms with E-state index in [4.69, 9.17) is 9.47 Å². The van der Waals surface area contributed by atoms with Crippen LogP contribution < -0.4 is 0 Å². The molecule has 37 heavy (non-hydrogen) atoms. The molecular formula is C27H26F3NO5S. The van der Waals surface area contributed by atoms with E-state index in [2.05, 4.69) is 6.58 Å². The minimum absolute atomic E-state index is 0.0331. The molecule has 0 atom stereocenters. The number of fused-ring (bicyclic) bond motifs is 1. The second kappa shape index (κ2) is 9.50. The summed E-state index contributed by atoms with van der Waals surface area (Å²) in [5.74, 6) is -1.40. The molecule has 2 fully saturated rings. The van der Waals surface area contributed by atoms with Crippen LogP contribution in [0.1, 0.15) is 35.1 Å². The molecule has 2 aromatic rings. The quantitative estimate of drug-likeness (QED) is 0.544. The van der Waals surface area contributed by atoms with E-state index in [9.17, 15) is 26.4 Å². The smallest absolute Gasteiger partial charge is 0.347 e. The summed E-state index contributed by atoms with van der Waals surface area (Å²) in [4.78, 5) is 12.2. The van der Waals surface area contributed by atoms with Crippen molar-refractivity contribution < 1.29 is 35.9 Å². The molecule has 0 saturated carbocycles. The number of carbonyl (C=O) groups excluding carboxylic acids is 1. The number of sulfonamides is 1. The van der Waals surface area contributed by atoms with Crippen molar-refractivity contribution in [3.05, 3.63) is 82.9 Å². The molecule has 3 aliphatic rings. The Morgan fingerprint density at radius 2 is 1.59 bits per heavy atom. The van der Waals surface area contributed by atoms with E-state index in [0.29, 0.717) is 62.8 Å². The Morgan fingerprint density at radius 1 is 0.973 bits per heavy atom. The zero-order valence-corrected chi connectivity index (χ0v) is 20.8. The molecule has 1 aliphatic carbocycles. The normalized spacial score (nSPS) is 20.6. The molecule has 2 aliphatic heterocycles. The number of benzene rings is 2. The molecular weight excluding hydrogens is 507 g/mol. The largest absolute Gasteiger partial charge is 0.417 e. The molecule has 10 heteroatoms. The highest BCUT2D eigenvalue weighted by Gasteiger charge is 2.42. The Morgan fingerprint density at radius 3 is 2.22 bits per heavy atom. The second-order valence-corrected chi connectivity index (χ2v) is 11.5. The summed E-state index contributed by atoms with van der Waals surface area (Å²) < 4.78 is 80.2. The fourth-order valence-electron chi connectivity index (χ4n) is 5.02. The fourth-order valence-corrected chi connectivity index (χ4v) is 6.46. The third-order valence-corrected chi connectivity index (χ3v) is 8.98. The van der Waals surface area contributed by atoms with Crippen molar-refractivity contribution in [2.45, 2.75) is 42.5 Å². The van der Waals surface area contributed by atoms with Crippen LogP contribution in [0.4, 0.5) is 13.2 Å². The van der Waals surface area contributed by atoms with Crippen LogP contribution in [-0.2, 0) is 37.1 Å². The molecule has 0 aromatic heterocycles. The molecule has 1 spiro atoms. The van der Waals surface area contributed by atoms with E-state index in [0.717, 1.165) is 5.56 Å². The highest BCUT2D eigenvalue weighted by Crippen LogP contribution is 2.39. The van der Waals surface area contributed by atoms with Gasteiger partial charge in [-0.1, -0.05) is 36.9 Å². The number of rotatable bonds is 4. The molecule has 2 saturated heterocycles. The number of carbonyl (C=O) groups is 1. The Kier molecular flexibility index (Phi) is 6.64. The monoisotopic (exact) mass is 533 g/mol. The highest BCUT2D eigenvalue weighted by molar-refractivity contribution is 7.89.